The van der Waals surface area contributed by atoms with Gasteiger partial charge in [0.05, 0.1) is 4.92 Å². The number of hydrogen-bond donors (Lipinski definition) is 2. The number of amides is 1. The molecule has 1 amide bonds. The van der Waals surface area contributed by atoms with Crippen LogP contribution >= 0.6 is 0 Å². The molecule has 7 nitrogen and oxygen atoms in total. The number of hydrogen-bond acceptors (Lipinski definition) is 4. The first-order chi connectivity index (χ1) is 9.23. The van der Waals surface area contributed by atoms with Gasteiger partial charge < -0.3 is 10.4 Å². The largest absolute Gasteiger partial charge is 0.480 e. The van der Waals surface area contributed by atoms with Gasteiger partial charge >= 0.3 is 5.97 Å². The van der Waals surface area contributed by atoms with Crippen molar-refractivity contribution in [3.05, 3.63) is 39.7 Å². The summed E-state index contributed by atoms with van der Waals surface area (Å²) in [5, 5.41) is 21.9. The smallest absolute Gasteiger partial charge is 0.326 e. The van der Waals surface area contributed by atoms with Crippen molar-refractivity contribution in [3.8, 4) is 0 Å². The molecule has 1 aromatic carbocycles. The van der Waals surface area contributed by atoms with Crippen LogP contribution in [0.5, 0.6) is 0 Å². The zero-order valence-corrected chi connectivity index (χ0v) is 10.8. The Bertz CT molecular complexity index is 559. The molecule has 0 aliphatic heterocycles. The summed E-state index contributed by atoms with van der Waals surface area (Å²) >= 11 is 0. The van der Waals surface area contributed by atoms with Crippen LogP contribution in [0.25, 0.3) is 0 Å². The van der Waals surface area contributed by atoms with Gasteiger partial charge in [-0.2, -0.15) is 0 Å². The molecule has 0 radical (unpaired) electrons. The fourth-order valence-corrected chi connectivity index (χ4v) is 1.58. The number of benzene rings is 1. The summed E-state index contributed by atoms with van der Waals surface area (Å²) in [5.41, 5.74) is -1.10. The average Bonchev–Trinajstić information content (AvgIpc) is 2.34. The van der Waals surface area contributed by atoms with E-state index in [1.807, 2.05) is 0 Å². The Balaban J connectivity index is 3.11. The first-order valence-electron chi connectivity index (χ1n) is 5.71. The van der Waals surface area contributed by atoms with Crippen LogP contribution in [-0.4, -0.2) is 27.9 Å². The number of rotatable bonds is 5. The predicted molar refractivity (Wildman–Crippen MR) is 66.8 cm³/mol. The molecule has 1 aromatic rings. The van der Waals surface area contributed by atoms with Crippen molar-refractivity contribution in [2.75, 3.05) is 0 Å². The van der Waals surface area contributed by atoms with Crippen molar-refractivity contribution >= 4 is 17.6 Å². The summed E-state index contributed by atoms with van der Waals surface area (Å²) < 4.78 is 13.1. The van der Waals surface area contributed by atoms with Crippen molar-refractivity contribution < 1.29 is 24.0 Å². The number of carbonyl (C=O) groups excluding carboxylic acids is 1. The van der Waals surface area contributed by atoms with Gasteiger partial charge in [0.2, 0.25) is 0 Å². The number of nitrogens with zero attached hydrogens (tertiary/aromatic N) is 1. The first kappa shape index (κ1) is 15.5. The third-order valence-electron chi connectivity index (χ3n) is 2.62. The summed E-state index contributed by atoms with van der Waals surface area (Å²) in [6.45, 7) is 3.14. The first-order valence-corrected chi connectivity index (χ1v) is 5.71. The van der Waals surface area contributed by atoms with Crippen LogP contribution in [0.15, 0.2) is 18.2 Å². The third-order valence-corrected chi connectivity index (χ3v) is 2.62. The summed E-state index contributed by atoms with van der Waals surface area (Å²) in [7, 11) is 0. The zero-order chi connectivity index (χ0) is 15.4. The fourth-order valence-electron chi connectivity index (χ4n) is 1.58. The molecule has 0 heterocycles. The van der Waals surface area contributed by atoms with Crippen LogP contribution in [0.4, 0.5) is 10.1 Å². The summed E-state index contributed by atoms with van der Waals surface area (Å²) in [4.78, 5) is 32.8. The normalized spacial score (nSPS) is 12.0. The van der Waals surface area contributed by atoms with Crippen molar-refractivity contribution in [1.82, 2.24) is 5.32 Å². The zero-order valence-electron chi connectivity index (χ0n) is 10.8. The molecule has 0 saturated heterocycles. The number of carbonyl (C=O) groups is 2. The molecule has 0 spiro atoms. The monoisotopic (exact) mass is 284 g/mol. The summed E-state index contributed by atoms with van der Waals surface area (Å²) in [5.74, 6) is -3.52. The lowest BCUT2D eigenvalue weighted by Crippen LogP contribution is -2.44. The van der Waals surface area contributed by atoms with E-state index < -0.39 is 45.8 Å². The minimum Gasteiger partial charge on any atom is -0.480 e. The number of nitro groups is 1. The fraction of sp³-hybridized carbons (Fsp3) is 0.333. The predicted octanol–water partition coefficient (Wildman–Crippen LogP) is 1.57. The Morgan fingerprint density at radius 2 is 2.00 bits per heavy atom. The molecule has 0 aromatic heterocycles. The highest BCUT2D eigenvalue weighted by Gasteiger charge is 2.27. The van der Waals surface area contributed by atoms with Crippen LogP contribution in [0.1, 0.15) is 24.2 Å². The highest BCUT2D eigenvalue weighted by atomic mass is 19.1. The van der Waals surface area contributed by atoms with E-state index in [-0.39, 0.29) is 0 Å². The quantitative estimate of drug-likeness (QED) is 0.630. The lowest BCUT2D eigenvalue weighted by Gasteiger charge is -2.17. The van der Waals surface area contributed by atoms with E-state index in [1.165, 1.54) is 0 Å². The molecule has 8 heteroatoms. The lowest BCUT2D eigenvalue weighted by atomic mass is 10.0. The molecular formula is C12H13FN2O5. The second-order valence-corrected chi connectivity index (χ2v) is 4.45. The highest BCUT2D eigenvalue weighted by Crippen LogP contribution is 2.20. The van der Waals surface area contributed by atoms with Gasteiger partial charge in [0, 0.05) is 6.07 Å². The minimum atomic E-state index is -1.27. The minimum absolute atomic E-state index is 0.427. The third kappa shape index (κ3) is 3.50. The molecular weight excluding hydrogens is 271 g/mol. The van der Waals surface area contributed by atoms with Gasteiger partial charge in [0.15, 0.2) is 0 Å². The van der Waals surface area contributed by atoms with Crippen LogP contribution in [-0.2, 0) is 4.79 Å². The van der Waals surface area contributed by atoms with Crippen LogP contribution in [0.2, 0.25) is 0 Å². The van der Waals surface area contributed by atoms with Gasteiger partial charge in [-0.3, -0.25) is 14.9 Å². The number of nitro benzene ring substituents is 1. The molecule has 0 aliphatic rings. The van der Waals surface area contributed by atoms with Crippen molar-refractivity contribution in [1.29, 1.82) is 0 Å². The number of halogens is 1. The maximum Gasteiger partial charge on any atom is 0.326 e. The molecule has 108 valence electrons. The second kappa shape index (κ2) is 6.09. The average molecular weight is 284 g/mol. The van der Waals surface area contributed by atoms with Gasteiger partial charge in [-0.15, -0.1) is 0 Å². The molecule has 1 rings (SSSR count). The topological polar surface area (TPSA) is 110 Å². The SMILES string of the molecule is CC(C)C(NC(=O)c1cc(F)ccc1[N+](=O)[O-])C(=O)O. The van der Waals surface area contributed by atoms with E-state index in [0.717, 1.165) is 12.1 Å². The van der Waals surface area contributed by atoms with Crippen LogP contribution in [0, 0.1) is 21.8 Å². The summed E-state index contributed by atoms with van der Waals surface area (Å²) in [6.07, 6.45) is 0. The molecule has 0 aliphatic carbocycles. The van der Waals surface area contributed by atoms with Crippen molar-refractivity contribution in [2.45, 2.75) is 19.9 Å². The Labute approximate surface area is 113 Å². The molecule has 0 fully saturated rings. The van der Waals surface area contributed by atoms with Crippen LogP contribution in [0.3, 0.4) is 0 Å². The van der Waals surface area contributed by atoms with Gasteiger partial charge in [-0.25, -0.2) is 9.18 Å². The van der Waals surface area contributed by atoms with E-state index in [9.17, 15) is 24.1 Å². The van der Waals surface area contributed by atoms with E-state index in [0.29, 0.717) is 6.07 Å². The van der Waals surface area contributed by atoms with Gasteiger partial charge in [-0.05, 0) is 18.1 Å². The summed E-state index contributed by atoms with van der Waals surface area (Å²) in [6, 6.07) is 1.19. The Kier molecular flexibility index (Phi) is 4.73. The van der Waals surface area contributed by atoms with E-state index in [2.05, 4.69) is 5.32 Å². The molecule has 20 heavy (non-hydrogen) atoms. The number of carboxylic acid groups (broad SMARTS) is 1. The van der Waals surface area contributed by atoms with Crippen LogP contribution < -0.4 is 5.32 Å². The van der Waals surface area contributed by atoms with Gasteiger partial charge in [0.25, 0.3) is 11.6 Å². The number of aliphatic carboxylic acids is 1. The molecule has 0 bridgehead atoms. The second-order valence-electron chi connectivity index (χ2n) is 4.45. The maximum atomic E-state index is 13.1. The van der Waals surface area contributed by atoms with Crippen molar-refractivity contribution in [2.24, 2.45) is 5.92 Å². The van der Waals surface area contributed by atoms with Gasteiger partial charge in [-0.1, -0.05) is 13.8 Å². The standard InChI is InChI=1S/C12H13FN2O5/c1-6(2)10(12(17)18)14-11(16)8-5-7(13)3-4-9(8)15(19)20/h3-6,10H,1-2H3,(H,14,16)(H,17,18). The number of nitrogens with one attached hydrogen (secondary N) is 1. The van der Waals surface area contributed by atoms with Crippen molar-refractivity contribution in [3.63, 3.8) is 0 Å². The van der Waals surface area contributed by atoms with E-state index >= 15 is 0 Å². The van der Waals surface area contributed by atoms with Gasteiger partial charge in [0.1, 0.15) is 17.4 Å². The Morgan fingerprint density at radius 1 is 1.40 bits per heavy atom. The lowest BCUT2D eigenvalue weighted by molar-refractivity contribution is -0.385. The molecule has 1 atom stereocenters. The van der Waals surface area contributed by atoms with E-state index in [1.54, 1.807) is 13.8 Å². The number of carboxylic acids is 1. The molecule has 0 saturated carbocycles. The molecule has 2 N–H and O–H groups in total. The van der Waals surface area contributed by atoms with E-state index in [4.69, 9.17) is 5.11 Å². The Morgan fingerprint density at radius 3 is 2.45 bits per heavy atom. The Hall–Kier alpha value is -2.51. The highest BCUT2D eigenvalue weighted by molar-refractivity contribution is 6.00. The molecule has 1 unspecified atom stereocenters. The maximum absolute atomic E-state index is 13.1.